The number of amides is 1. The van der Waals surface area contributed by atoms with E-state index in [-0.39, 0.29) is 16.8 Å². The molecule has 0 unspecified atom stereocenters. The first-order valence-corrected chi connectivity index (χ1v) is 9.96. The SMILES string of the molecule is CC(C)(C)OC(=O)N1CCC(O)(CN2CC=Cc3c2ccc(Cl)c3[N+](=O)[O-])CC1. The van der Waals surface area contributed by atoms with Gasteiger partial charge in [0.2, 0.25) is 0 Å². The molecular weight excluding hydrogens is 398 g/mol. The second-order valence-electron chi connectivity index (χ2n) is 8.56. The van der Waals surface area contributed by atoms with Gasteiger partial charge in [0.25, 0.3) is 5.69 Å². The highest BCUT2D eigenvalue weighted by atomic mass is 35.5. The molecule has 0 saturated carbocycles. The van der Waals surface area contributed by atoms with E-state index in [4.69, 9.17) is 16.3 Å². The highest BCUT2D eigenvalue weighted by molar-refractivity contribution is 6.33. The molecule has 2 aliphatic heterocycles. The smallest absolute Gasteiger partial charge is 0.410 e. The van der Waals surface area contributed by atoms with Gasteiger partial charge in [-0.05, 0) is 51.8 Å². The predicted octanol–water partition coefficient (Wildman–Crippen LogP) is 3.84. The Hall–Kier alpha value is -2.32. The van der Waals surface area contributed by atoms with Crippen LogP contribution in [0.25, 0.3) is 6.08 Å². The van der Waals surface area contributed by atoms with E-state index in [0.29, 0.717) is 50.3 Å². The van der Waals surface area contributed by atoms with Gasteiger partial charge in [-0.3, -0.25) is 10.1 Å². The van der Waals surface area contributed by atoms with E-state index in [1.807, 2.05) is 31.7 Å². The van der Waals surface area contributed by atoms with Gasteiger partial charge in [0.15, 0.2) is 0 Å². The molecule has 2 aliphatic rings. The third-order valence-electron chi connectivity index (χ3n) is 5.11. The number of likely N-dealkylation sites (tertiary alicyclic amines) is 1. The monoisotopic (exact) mass is 423 g/mol. The van der Waals surface area contributed by atoms with Crippen molar-refractivity contribution in [2.24, 2.45) is 0 Å². The van der Waals surface area contributed by atoms with Crippen LogP contribution < -0.4 is 4.90 Å². The van der Waals surface area contributed by atoms with Gasteiger partial charge in [-0.25, -0.2) is 4.79 Å². The van der Waals surface area contributed by atoms with Crippen molar-refractivity contribution in [1.29, 1.82) is 0 Å². The van der Waals surface area contributed by atoms with Gasteiger partial charge in [0, 0.05) is 26.2 Å². The Morgan fingerprint density at radius 2 is 2.00 bits per heavy atom. The number of piperidine rings is 1. The number of carbonyl (C=O) groups excluding carboxylic acids is 1. The fourth-order valence-corrected chi connectivity index (χ4v) is 3.92. The summed E-state index contributed by atoms with van der Waals surface area (Å²) in [5.74, 6) is 0. The summed E-state index contributed by atoms with van der Waals surface area (Å²) in [5, 5.41) is 22.6. The number of halogens is 1. The van der Waals surface area contributed by atoms with Crippen LogP contribution >= 0.6 is 11.6 Å². The maximum atomic E-state index is 12.2. The van der Waals surface area contributed by atoms with E-state index in [1.54, 1.807) is 17.0 Å². The molecule has 0 spiro atoms. The molecule has 3 rings (SSSR count). The molecule has 1 N–H and O–H groups in total. The van der Waals surface area contributed by atoms with Crippen LogP contribution in [0.3, 0.4) is 0 Å². The van der Waals surface area contributed by atoms with Gasteiger partial charge in [0.1, 0.15) is 10.6 Å². The molecular formula is C20H26ClN3O5. The molecule has 0 atom stereocenters. The van der Waals surface area contributed by atoms with Crippen LogP contribution in [-0.4, -0.2) is 58.4 Å². The number of ether oxygens (including phenoxy) is 1. The van der Waals surface area contributed by atoms with Crippen molar-refractivity contribution in [3.63, 3.8) is 0 Å². The Bertz CT molecular complexity index is 841. The highest BCUT2D eigenvalue weighted by Crippen LogP contribution is 2.39. The molecule has 1 fully saturated rings. The first kappa shape index (κ1) is 21.4. The first-order chi connectivity index (χ1) is 13.5. The van der Waals surface area contributed by atoms with E-state index in [1.165, 1.54) is 6.07 Å². The molecule has 1 saturated heterocycles. The van der Waals surface area contributed by atoms with E-state index >= 15 is 0 Å². The second kappa shape index (κ2) is 7.84. The minimum Gasteiger partial charge on any atom is -0.444 e. The van der Waals surface area contributed by atoms with Crippen molar-refractivity contribution in [3.05, 3.63) is 38.9 Å². The van der Waals surface area contributed by atoms with Crippen molar-refractivity contribution >= 4 is 35.1 Å². The first-order valence-electron chi connectivity index (χ1n) is 9.58. The van der Waals surface area contributed by atoms with Gasteiger partial charge in [-0.1, -0.05) is 17.7 Å². The summed E-state index contributed by atoms with van der Waals surface area (Å²) in [6, 6.07) is 3.26. The average molecular weight is 424 g/mol. The summed E-state index contributed by atoms with van der Waals surface area (Å²) in [6.07, 6.45) is 3.95. The molecule has 2 heterocycles. The summed E-state index contributed by atoms with van der Waals surface area (Å²) >= 11 is 6.02. The lowest BCUT2D eigenvalue weighted by molar-refractivity contribution is -0.384. The fourth-order valence-electron chi connectivity index (χ4n) is 3.69. The Morgan fingerprint density at radius 3 is 2.59 bits per heavy atom. The van der Waals surface area contributed by atoms with Crippen LogP contribution in [0.5, 0.6) is 0 Å². The van der Waals surface area contributed by atoms with Crippen molar-refractivity contribution in [2.75, 3.05) is 31.1 Å². The number of anilines is 1. The molecule has 0 aromatic heterocycles. The minimum absolute atomic E-state index is 0.0876. The zero-order valence-corrected chi connectivity index (χ0v) is 17.6. The maximum Gasteiger partial charge on any atom is 0.410 e. The third-order valence-corrected chi connectivity index (χ3v) is 5.41. The summed E-state index contributed by atoms with van der Waals surface area (Å²) in [5.41, 5.74) is -0.577. The fraction of sp³-hybridized carbons (Fsp3) is 0.550. The van der Waals surface area contributed by atoms with Crippen LogP contribution in [0, 0.1) is 10.1 Å². The Morgan fingerprint density at radius 1 is 1.34 bits per heavy atom. The number of hydrogen-bond donors (Lipinski definition) is 1. The number of carbonyl (C=O) groups is 1. The Labute approximate surface area is 174 Å². The molecule has 0 radical (unpaired) electrons. The zero-order chi connectivity index (χ0) is 21.4. The number of nitro groups is 1. The van der Waals surface area contributed by atoms with Crippen LogP contribution in [0.1, 0.15) is 39.2 Å². The van der Waals surface area contributed by atoms with Crippen molar-refractivity contribution < 1.29 is 19.6 Å². The van der Waals surface area contributed by atoms with Crippen molar-refractivity contribution in [3.8, 4) is 0 Å². The van der Waals surface area contributed by atoms with Crippen LogP contribution in [-0.2, 0) is 4.74 Å². The predicted molar refractivity (Wildman–Crippen MR) is 111 cm³/mol. The molecule has 0 bridgehead atoms. The van der Waals surface area contributed by atoms with Crippen molar-refractivity contribution in [1.82, 2.24) is 4.90 Å². The molecule has 158 valence electrons. The molecule has 8 nitrogen and oxygen atoms in total. The summed E-state index contributed by atoms with van der Waals surface area (Å²) in [6.45, 7) is 7.08. The van der Waals surface area contributed by atoms with E-state index in [0.717, 1.165) is 0 Å². The molecule has 1 amide bonds. The number of rotatable bonds is 3. The van der Waals surface area contributed by atoms with Crippen molar-refractivity contribution in [2.45, 2.75) is 44.8 Å². The average Bonchev–Trinajstić information content (AvgIpc) is 2.60. The second-order valence-corrected chi connectivity index (χ2v) is 8.97. The standard InChI is InChI=1S/C20H26ClN3O5/c1-19(2,3)29-18(25)22-11-8-20(26,9-12-22)13-23-10-4-5-14-16(23)7-6-15(21)17(14)24(27)28/h4-7,26H,8-13H2,1-3H3. The Kier molecular flexibility index (Phi) is 5.78. The number of fused-ring (bicyclic) bond motifs is 1. The lowest BCUT2D eigenvalue weighted by atomic mass is 9.90. The third kappa shape index (κ3) is 4.82. The maximum absolute atomic E-state index is 12.2. The highest BCUT2D eigenvalue weighted by Gasteiger charge is 2.38. The number of aliphatic hydroxyl groups is 1. The van der Waals surface area contributed by atoms with Gasteiger partial charge >= 0.3 is 6.09 Å². The summed E-state index contributed by atoms with van der Waals surface area (Å²) < 4.78 is 5.40. The van der Waals surface area contributed by atoms with Gasteiger partial charge in [-0.15, -0.1) is 0 Å². The van der Waals surface area contributed by atoms with Gasteiger partial charge in [-0.2, -0.15) is 0 Å². The molecule has 1 aromatic carbocycles. The molecule has 1 aromatic rings. The van der Waals surface area contributed by atoms with E-state index in [2.05, 4.69) is 0 Å². The largest absolute Gasteiger partial charge is 0.444 e. The Balaban J connectivity index is 1.71. The summed E-state index contributed by atoms with van der Waals surface area (Å²) in [7, 11) is 0. The molecule has 9 heteroatoms. The van der Waals surface area contributed by atoms with Gasteiger partial charge < -0.3 is 19.6 Å². The zero-order valence-electron chi connectivity index (χ0n) is 16.9. The quantitative estimate of drug-likeness (QED) is 0.586. The van der Waals surface area contributed by atoms with E-state index < -0.39 is 16.1 Å². The minimum atomic E-state index is -1.00. The topological polar surface area (TPSA) is 96.2 Å². The van der Waals surface area contributed by atoms with Crippen LogP contribution in [0.4, 0.5) is 16.2 Å². The number of nitro benzene ring substituents is 1. The number of nitrogens with zero attached hydrogens (tertiary/aromatic N) is 3. The lowest BCUT2D eigenvalue weighted by Crippen LogP contribution is -2.53. The van der Waals surface area contributed by atoms with Crippen LogP contribution in [0.2, 0.25) is 5.02 Å². The number of benzene rings is 1. The lowest BCUT2D eigenvalue weighted by Gasteiger charge is -2.42. The number of β-amino-alcohol motifs (C(OH)–C–C–N with tert-alkyl or cyclic N) is 1. The normalized spacial score (nSPS) is 18.4. The summed E-state index contributed by atoms with van der Waals surface area (Å²) in [4.78, 5) is 26.7. The molecule has 29 heavy (non-hydrogen) atoms. The molecule has 0 aliphatic carbocycles. The number of hydrogen-bond acceptors (Lipinski definition) is 6. The van der Waals surface area contributed by atoms with Gasteiger partial charge in [0.05, 0.1) is 21.8 Å². The van der Waals surface area contributed by atoms with E-state index in [9.17, 15) is 20.0 Å². The van der Waals surface area contributed by atoms with Crippen LogP contribution in [0.15, 0.2) is 18.2 Å².